The molecule has 0 saturated carbocycles. The van der Waals surface area contributed by atoms with Crippen molar-refractivity contribution in [3.63, 3.8) is 0 Å². The number of hydrogen-bond acceptors (Lipinski definition) is 2. The van der Waals surface area contributed by atoms with Crippen molar-refractivity contribution in [3.05, 3.63) is 65.7 Å². The molecule has 1 aliphatic heterocycles. The van der Waals surface area contributed by atoms with Crippen molar-refractivity contribution in [1.82, 2.24) is 0 Å². The van der Waals surface area contributed by atoms with Crippen LogP contribution in [0.25, 0.3) is 0 Å². The summed E-state index contributed by atoms with van der Waals surface area (Å²) < 4.78 is 6.13. The lowest BCUT2D eigenvalue weighted by molar-refractivity contribution is 0.0635. The molecule has 0 bridgehead atoms. The summed E-state index contributed by atoms with van der Waals surface area (Å²) in [6, 6.07) is 17.6. The average molecular weight is 266 g/mol. The van der Waals surface area contributed by atoms with Gasteiger partial charge in [-0.25, -0.2) is 0 Å². The molecule has 2 aromatic rings. The van der Waals surface area contributed by atoms with Gasteiger partial charge in [0.15, 0.2) is 5.78 Å². The Morgan fingerprint density at radius 2 is 1.70 bits per heavy atom. The summed E-state index contributed by atoms with van der Waals surface area (Å²) in [5, 5.41) is 0. The van der Waals surface area contributed by atoms with E-state index >= 15 is 0 Å². The third kappa shape index (κ3) is 2.22. The van der Waals surface area contributed by atoms with Crippen LogP contribution < -0.4 is 4.74 Å². The number of Topliss-reactive ketones (excluding diaryl/α,β-unsaturated/α-hetero) is 1. The first-order chi connectivity index (χ1) is 9.81. The highest BCUT2D eigenvalue weighted by Gasteiger charge is 2.37. The molecule has 2 aromatic carbocycles. The van der Waals surface area contributed by atoms with Gasteiger partial charge in [0.1, 0.15) is 11.9 Å². The molecule has 1 aliphatic rings. The molecule has 0 aliphatic carbocycles. The van der Waals surface area contributed by atoms with Gasteiger partial charge in [0.05, 0.1) is 11.5 Å². The Morgan fingerprint density at radius 3 is 2.45 bits per heavy atom. The number of fused-ring (bicyclic) bond motifs is 1. The van der Waals surface area contributed by atoms with Crippen LogP contribution in [0.5, 0.6) is 5.75 Å². The molecule has 0 N–H and O–H groups in total. The molecule has 0 saturated heterocycles. The molecule has 102 valence electrons. The van der Waals surface area contributed by atoms with E-state index in [2.05, 4.69) is 6.92 Å². The highest BCUT2D eigenvalue weighted by atomic mass is 16.5. The molecular weight excluding hydrogens is 248 g/mol. The Morgan fingerprint density at radius 1 is 1.00 bits per heavy atom. The number of ketones is 1. The Bertz CT molecular complexity index is 604. The molecule has 2 heteroatoms. The fourth-order valence-corrected chi connectivity index (χ4v) is 2.87. The van der Waals surface area contributed by atoms with E-state index in [9.17, 15) is 4.79 Å². The normalized spacial score (nSPS) is 21.1. The van der Waals surface area contributed by atoms with Crippen molar-refractivity contribution >= 4 is 5.78 Å². The number of benzene rings is 2. The quantitative estimate of drug-likeness (QED) is 0.822. The van der Waals surface area contributed by atoms with E-state index in [1.54, 1.807) is 0 Å². The van der Waals surface area contributed by atoms with Crippen LogP contribution in [0.4, 0.5) is 0 Å². The summed E-state index contributed by atoms with van der Waals surface area (Å²) >= 11 is 0. The van der Waals surface area contributed by atoms with Gasteiger partial charge in [0.25, 0.3) is 0 Å². The maximum Gasteiger partial charge on any atom is 0.173 e. The van der Waals surface area contributed by atoms with Crippen LogP contribution >= 0.6 is 0 Å². The van der Waals surface area contributed by atoms with Gasteiger partial charge in [-0.1, -0.05) is 55.8 Å². The van der Waals surface area contributed by atoms with Crippen LogP contribution in [0.2, 0.25) is 0 Å². The molecule has 0 unspecified atom stereocenters. The summed E-state index contributed by atoms with van der Waals surface area (Å²) in [5.74, 6) is 0.832. The molecule has 1 heterocycles. The van der Waals surface area contributed by atoms with Crippen molar-refractivity contribution in [2.75, 3.05) is 0 Å². The van der Waals surface area contributed by atoms with Crippen molar-refractivity contribution in [3.8, 4) is 5.75 Å². The Hall–Kier alpha value is -2.09. The van der Waals surface area contributed by atoms with Crippen LogP contribution in [-0.2, 0) is 0 Å². The minimum Gasteiger partial charge on any atom is -0.484 e. The summed E-state index contributed by atoms with van der Waals surface area (Å²) in [4.78, 5) is 12.7. The molecular formula is C18H18O2. The number of para-hydroxylation sites is 1. The van der Waals surface area contributed by atoms with E-state index in [1.165, 1.54) is 0 Å². The molecule has 20 heavy (non-hydrogen) atoms. The zero-order valence-electron chi connectivity index (χ0n) is 11.6. The topological polar surface area (TPSA) is 26.3 Å². The van der Waals surface area contributed by atoms with Gasteiger partial charge in [-0.05, 0) is 24.1 Å². The van der Waals surface area contributed by atoms with E-state index in [0.717, 1.165) is 24.0 Å². The van der Waals surface area contributed by atoms with Crippen molar-refractivity contribution in [2.24, 2.45) is 5.92 Å². The minimum atomic E-state index is -0.168. The van der Waals surface area contributed by atoms with Gasteiger partial charge in [-0.15, -0.1) is 0 Å². The van der Waals surface area contributed by atoms with Crippen LogP contribution in [0.15, 0.2) is 54.6 Å². The Kier molecular flexibility index (Phi) is 3.55. The van der Waals surface area contributed by atoms with Crippen LogP contribution in [0, 0.1) is 5.92 Å². The standard InChI is InChI=1S/C18H18O2/c1-2-8-15-17(19)14-11-6-7-12-16(14)20-18(15)13-9-4-3-5-10-13/h3-7,9-12,15,18H,2,8H2,1H3/t15-,18+/m0/s1. The molecule has 0 aromatic heterocycles. The predicted octanol–water partition coefficient (Wildman–Crippen LogP) is 4.42. The zero-order chi connectivity index (χ0) is 13.9. The lowest BCUT2D eigenvalue weighted by atomic mass is 9.83. The average Bonchev–Trinajstić information content (AvgIpc) is 2.51. The van der Waals surface area contributed by atoms with Gasteiger partial charge in [0, 0.05) is 0 Å². The Balaban J connectivity index is 2.03. The van der Waals surface area contributed by atoms with E-state index in [4.69, 9.17) is 4.74 Å². The third-order valence-electron chi connectivity index (χ3n) is 3.84. The monoisotopic (exact) mass is 266 g/mol. The number of rotatable bonds is 3. The van der Waals surface area contributed by atoms with Crippen molar-refractivity contribution in [1.29, 1.82) is 0 Å². The zero-order valence-corrected chi connectivity index (χ0v) is 11.6. The fourth-order valence-electron chi connectivity index (χ4n) is 2.87. The first-order valence-electron chi connectivity index (χ1n) is 7.16. The number of hydrogen-bond donors (Lipinski definition) is 0. The Labute approximate surface area is 119 Å². The molecule has 0 radical (unpaired) electrons. The van der Waals surface area contributed by atoms with Crippen LogP contribution in [0.3, 0.4) is 0 Å². The maximum absolute atomic E-state index is 12.7. The SMILES string of the molecule is CCC[C@H]1C(=O)c2ccccc2O[C@@H]1c1ccccc1. The van der Waals surface area contributed by atoms with Gasteiger partial charge in [-0.3, -0.25) is 4.79 Å². The molecule has 0 amide bonds. The molecule has 3 rings (SSSR count). The summed E-state index contributed by atoms with van der Waals surface area (Å²) in [5.41, 5.74) is 1.80. The second-order valence-corrected chi connectivity index (χ2v) is 5.20. The summed E-state index contributed by atoms with van der Waals surface area (Å²) in [7, 11) is 0. The van der Waals surface area contributed by atoms with Crippen LogP contribution in [0.1, 0.15) is 41.8 Å². The smallest absolute Gasteiger partial charge is 0.173 e. The predicted molar refractivity (Wildman–Crippen MR) is 79.0 cm³/mol. The van der Waals surface area contributed by atoms with Gasteiger partial charge >= 0.3 is 0 Å². The van der Waals surface area contributed by atoms with E-state index < -0.39 is 0 Å². The third-order valence-corrected chi connectivity index (χ3v) is 3.84. The summed E-state index contributed by atoms with van der Waals surface area (Å²) in [6.07, 6.45) is 1.66. The first kappa shape index (κ1) is 12.9. The molecule has 0 spiro atoms. The number of carbonyl (C=O) groups excluding carboxylic acids is 1. The van der Waals surface area contributed by atoms with E-state index in [-0.39, 0.29) is 17.8 Å². The lowest BCUT2D eigenvalue weighted by Crippen LogP contribution is -2.31. The fraction of sp³-hybridized carbons (Fsp3) is 0.278. The highest BCUT2D eigenvalue weighted by molar-refractivity contribution is 6.01. The van der Waals surface area contributed by atoms with Gasteiger partial charge < -0.3 is 4.74 Å². The lowest BCUT2D eigenvalue weighted by Gasteiger charge is -2.32. The highest BCUT2D eigenvalue weighted by Crippen LogP contribution is 2.40. The maximum atomic E-state index is 12.7. The van der Waals surface area contributed by atoms with Gasteiger partial charge in [0.2, 0.25) is 0 Å². The molecule has 2 nitrogen and oxygen atoms in total. The second kappa shape index (κ2) is 5.49. The van der Waals surface area contributed by atoms with Crippen LogP contribution in [-0.4, -0.2) is 5.78 Å². The first-order valence-corrected chi connectivity index (χ1v) is 7.16. The van der Waals surface area contributed by atoms with Crippen molar-refractivity contribution < 1.29 is 9.53 Å². The van der Waals surface area contributed by atoms with E-state index in [1.807, 2.05) is 54.6 Å². The number of carbonyl (C=O) groups is 1. The number of ether oxygens (including phenoxy) is 1. The minimum absolute atomic E-state index is 0.0858. The van der Waals surface area contributed by atoms with Gasteiger partial charge in [-0.2, -0.15) is 0 Å². The van der Waals surface area contributed by atoms with Crippen molar-refractivity contribution in [2.45, 2.75) is 25.9 Å². The molecule has 2 atom stereocenters. The molecule has 0 fully saturated rings. The largest absolute Gasteiger partial charge is 0.484 e. The second-order valence-electron chi connectivity index (χ2n) is 5.20. The van der Waals surface area contributed by atoms with E-state index in [0.29, 0.717) is 5.75 Å². The summed E-state index contributed by atoms with van der Waals surface area (Å²) in [6.45, 7) is 2.11.